The summed E-state index contributed by atoms with van der Waals surface area (Å²) < 4.78 is 15.0. The minimum atomic E-state index is -0.810. The quantitative estimate of drug-likeness (QED) is 0.468. The van der Waals surface area contributed by atoms with Crippen LogP contribution in [0.15, 0.2) is 0 Å². The molecule has 0 bridgehead atoms. The molecule has 0 saturated heterocycles. The summed E-state index contributed by atoms with van der Waals surface area (Å²) in [4.78, 5) is 0. The van der Waals surface area contributed by atoms with Crippen LogP contribution in [0.5, 0.6) is 0 Å². The Morgan fingerprint density at radius 1 is 2.00 bits per heavy atom. The van der Waals surface area contributed by atoms with Crippen molar-refractivity contribution in [2.45, 2.75) is 6.92 Å². The number of thiocarbonyl (C=S) groups is 1. The Morgan fingerprint density at radius 3 is 2.50 bits per heavy atom. The molecule has 0 amide bonds. The monoisotopic (exact) mass is 108 g/mol. The highest BCUT2D eigenvalue weighted by molar-refractivity contribution is 7.80. The van der Waals surface area contributed by atoms with Gasteiger partial charge in [0.25, 0.3) is 0 Å². The maximum Gasteiger partial charge on any atom is 0.229 e. The van der Waals surface area contributed by atoms with Crippen LogP contribution in [-0.2, 0) is 4.74 Å². The van der Waals surface area contributed by atoms with Crippen molar-refractivity contribution in [3.63, 3.8) is 0 Å². The van der Waals surface area contributed by atoms with Crippen molar-refractivity contribution in [2.75, 3.05) is 6.86 Å². The van der Waals surface area contributed by atoms with Crippen molar-refractivity contribution < 1.29 is 9.13 Å². The van der Waals surface area contributed by atoms with E-state index in [2.05, 4.69) is 17.0 Å². The molecule has 1 nitrogen and oxygen atoms in total. The zero-order valence-electron chi connectivity index (χ0n) is 3.40. The van der Waals surface area contributed by atoms with E-state index in [1.54, 1.807) is 0 Å². The van der Waals surface area contributed by atoms with Gasteiger partial charge in [0.05, 0.1) is 0 Å². The summed E-state index contributed by atoms with van der Waals surface area (Å²) in [5.74, 6) is 0. The Morgan fingerprint density at radius 2 is 2.50 bits per heavy atom. The van der Waals surface area contributed by atoms with Crippen molar-refractivity contribution in [3.05, 3.63) is 0 Å². The average Bonchev–Trinajstić information content (AvgIpc) is 1.35. The number of alkyl halides is 1. The molecule has 0 aromatic heterocycles. The maximum atomic E-state index is 10.9. The molecule has 0 spiro atoms. The second-order valence-electron chi connectivity index (χ2n) is 0.745. The first-order valence-corrected chi connectivity index (χ1v) is 1.87. The molecule has 0 saturated carbocycles. The Balaban J connectivity index is 2.83. The number of ether oxygens (including phenoxy) is 1. The molecule has 0 aliphatic carbocycles. The second kappa shape index (κ2) is 3.03. The Kier molecular flexibility index (Phi) is 2.94. The van der Waals surface area contributed by atoms with Gasteiger partial charge in [-0.3, -0.25) is 0 Å². The SMILES string of the molecule is CC(=S)OCF. The molecule has 36 valence electrons. The van der Waals surface area contributed by atoms with Gasteiger partial charge in [-0.2, -0.15) is 0 Å². The van der Waals surface area contributed by atoms with Crippen molar-refractivity contribution in [2.24, 2.45) is 0 Å². The summed E-state index contributed by atoms with van der Waals surface area (Å²) in [6, 6.07) is 0. The lowest BCUT2D eigenvalue weighted by molar-refractivity contribution is 0.183. The van der Waals surface area contributed by atoms with Crippen molar-refractivity contribution >= 4 is 17.3 Å². The number of rotatable bonds is 1. The van der Waals surface area contributed by atoms with Crippen LogP contribution >= 0.6 is 12.2 Å². The number of hydrogen-bond donors (Lipinski definition) is 0. The molecule has 6 heavy (non-hydrogen) atoms. The fourth-order valence-corrected chi connectivity index (χ4v) is 0.121. The molecule has 0 radical (unpaired) electrons. The van der Waals surface area contributed by atoms with Gasteiger partial charge in [0.1, 0.15) is 0 Å². The van der Waals surface area contributed by atoms with Crippen LogP contribution in [0.4, 0.5) is 4.39 Å². The van der Waals surface area contributed by atoms with E-state index in [1.165, 1.54) is 6.92 Å². The third-order valence-electron chi connectivity index (χ3n) is 0.258. The lowest BCUT2D eigenvalue weighted by atomic mass is 10.9. The van der Waals surface area contributed by atoms with E-state index in [4.69, 9.17) is 0 Å². The molecule has 0 heterocycles. The van der Waals surface area contributed by atoms with Gasteiger partial charge in [-0.1, -0.05) is 0 Å². The van der Waals surface area contributed by atoms with E-state index in [0.29, 0.717) is 0 Å². The van der Waals surface area contributed by atoms with E-state index in [9.17, 15) is 4.39 Å². The molecule has 0 aliphatic heterocycles. The van der Waals surface area contributed by atoms with Crippen LogP contribution in [0.3, 0.4) is 0 Å². The second-order valence-corrected chi connectivity index (χ2v) is 1.32. The third kappa shape index (κ3) is 3.82. The third-order valence-corrected chi connectivity index (χ3v) is 0.376. The average molecular weight is 108 g/mol. The van der Waals surface area contributed by atoms with E-state index >= 15 is 0 Å². The summed E-state index contributed by atoms with van der Waals surface area (Å²) in [5, 5.41) is 0.248. The summed E-state index contributed by atoms with van der Waals surface area (Å²) in [6.07, 6.45) is 0. The molecule has 0 fully saturated rings. The molecule has 0 aromatic rings. The Labute approximate surface area is 41.1 Å². The van der Waals surface area contributed by atoms with Gasteiger partial charge < -0.3 is 4.74 Å². The summed E-state index contributed by atoms with van der Waals surface area (Å²) in [5.41, 5.74) is 0. The fourth-order valence-electron chi connectivity index (χ4n) is 0.0768. The summed E-state index contributed by atoms with van der Waals surface area (Å²) in [6.45, 7) is 0.713. The first kappa shape index (κ1) is 5.82. The van der Waals surface area contributed by atoms with Gasteiger partial charge in [-0.05, 0) is 12.2 Å². The zero-order valence-corrected chi connectivity index (χ0v) is 4.22. The van der Waals surface area contributed by atoms with Crippen LogP contribution in [0.25, 0.3) is 0 Å². The largest absolute Gasteiger partial charge is 0.457 e. The van der Waals surface area contributed by atoms with Crippen LogP contribution in [-0.4, -0.2) is 11.9 Å². The topological polar surface area (TPSA) is 9.23 Å². The molecule has 0 aromatic carbocycles. The molecule has 0 rings (SSSR count). The normalized spacial score (nSPS) is 7.67. The van der Waals surface area contributed by atoms with Crippen LogP contribution < -0.4 is 0 Å². The zero-order chi connectivity index (χ0) is 4.99. The molecule has 0 atom stereocenters. The van der Waals surface area contributed by atoms with Crippen molar-refractivity contribution in [3.8, 4) is 0 Å². The summed E-state index contributed by atoms with van der Waals surface area (Å²) in [7, 11) is 0. The van der Waals surface area contributed by atoms with Crippen LogP contribution in [0.1, 0.15) is 6.92 Å². The highest BCUT2D eigenvalue weighted by Crippen LogP contribution is 1.77. The Bertz CT molecular complexity index is 54.8. The van der Waals surface area contributed by atoms with E-state index in [1.807, 2.05) is 0 Å². The standard InChI is InChI=1S/C3H5FOS/c1-3(6)5-2-4/h2H2,1H3. The minimum absolute atomic E-state index is 0.248. The molecule has 0 aliphatic rings. The first-order chi connectivity index (χ1) is 2.77. The van der Waals surface area contributed by atoms with Gasteiger partial charge in [-0.25, -0.2) is 4.39 Å². The Hall–Kier alpha value is -0.180. The predicted molar refractivity (Wildman–Crippen MR) is 25.3 cm³/mol. The van der Waals surface area contributed by atoms with Crippen molar-refractivity contribution in [1.82, 2.24) is 0 Å². The highest BCUT2D eigenvalue weighted by Gasteiger charge is 1.78. The van der Waals surface area contributed by atoms with Crippen LogP contribution in [0.2, 0.25) is 0 Å². The van der Waals surface area contributed by atoms with Gasteiger partial charge in [-0.15, -0.1) is 0 Å². The van der Waals surface area contributed by atoms with Crippen molar-refractivity contribution in [1.29, 1.82) is 0 Å². The number of hydrogen-bond acceptors (Lipinski definition) is 2. The lowest BCUT2D eigenvalue weighted by Gasteiger charge is -1.90. The molecule has 3 heteroatoms. The van der Waals surface area contributed by atoms with Crippen LogP contribution in [0, 0.1) is 0 Å². The summed E-state index contributed by atoms with van der Waals surface area (Å²) >= 11 is 4.33. The lowest BCUT2D eigenvalue weighted by Crippen LogP contribution is -1.91. The van der Waals surface area contributed by atoms with Gasteiger partial charge in [0.2, 0.25) is 6.86 Å². The van der Waals surface area contributed by atoms with Gasteiger partial charge in [0.15, 0.2) is 5.05 Å². The van der Waals surface area contributed by atoms with Gasteiger partial charge in [0, 0.05) is 6.92 Å². The van der Waals surface area contributed by atoms with E-state index in [-0.39, 0.29) is 5.05 Å². The maximum absolute atomic E-state index is 10.9. The number of halogens is 1. The van der Waals surface area contributed by atoms with E-state index < -0.39 is 6.86 Å². The predicted octanol–water partition coefficient (Wildman–Crippen LogP) is 1.28. The highest BCUT2D eigenvalue weighted by atomic mass is 32.1. The molecular formula is C3H5FOS. The minimum Gasteiger partial charge on any atom is -0.457 e. The molecular weight excluding hydrogens is 103 g/mol. The first-order valence-electron chi connectivity index (χ1n) is 1.46. The molecule has 0 unspecified atom stereocenters. The smallest absolute Gasteiger partial charge is 0.229 e. The fraction of sp³-hybridized carbons (Fsp3) is 0.667. The van der Waals surface area contributed by atoms with Gasteiger partial charge >= 0.3 is 0 Å². The van der Waals surface area contributed by atoms with E-state index in [0.717, 1.165) is 0 Å². The molecule has 0 N–H and O–H groups in total.